The number of carbonyl (C=O) groups excluding carboxylic acids is 4. The number of ether oxygens (including phenoxy) is 1. The van der Waals surface area contributed by atoms with Crippen LogP contribution in [-0.4, -0.2) is 30.4 Å². The summed E-state index contributed by atoms with van der Waals surface area (Å²) in [6.45, 7) is 0. The molecule has 2 saturated carbocycles. The fourth-order valence-electron chi connectivity index (χ4n) is 6.10. The summed E-state index contributed by atoms with van der Waals surface area (Å²) in [5, 5.41) is 0. The first kappa shape index (κ1) is 16.7. The van der Waals surface area contributed by atoms with Crippen LogP contribution in [0.5, 0.6) is 0 Å². The average molecular weight is 344 g/mol. The van der Waals surface area contributed by atoms with Crippen molar-refractivity contribution in [2.24, 2.45) is 23.2 Å². The van der Waals surface area contributed by atoms with Gasteiger partial charge in [0, 0.05) is 25.2 Å². The molecule has 0 aliphatic heterocycles. The zero-order chi connectivity index (χ0) is 17.8. The van der Waals surface area contributed by atoms with E-state index in [9.17, 15) is 19.2 Å². The zero-order valence-electron chi connectivity index (χ0n) is 14.6. The minimum Gasteiger partial charge on any atom is -0.468 e. The van der Waals surface area contributed by atoms with E-state index in [1.165, 1.54) is 7.11 Å². The maximum Gasteiger partial charge on any atom is 0.319 e. The molecule has 5 heteroatoms. The van der Waals surface area contributed by atoms with Crippen molar-refractivity contribution in [1.82, 2.24) is 0 Å². The van der Waals surface area contributed by atoms with E-state index >= 15 is 0 Å². The Balaban J connectivity index is 1.86. The summed E-state index contributed by atoms with van der Waals surface area (Å²) in [6, 6.07) is 0. The van der Waals surface area contributed by atoms with Crippen LogP contribution in [0, 0.1) is 23.2 Å². The molecule has 0 amide bonds. The highest BCUT2D eigenvalue weighted by atomic mass is 16.5. The molecule has 0 heterocycles. The molecule has 0 N–H and O–H groups in total. The molecule has 0 bridgehead atoms. The largest absolute Gasteiger partial charge is 0.468 e. The van der Waals surface area contributed by atoms with Crippen LogP contribution in [0.3, 0.4) is 0 Å². The monoisotopic (exact) mass is 344 g/mol. The van der Waals surface area contributed by atoms with Gasteiger partial charge in [0.2, 0.25) is 0 Å². The first-order chi connectivity index (χ1) is 12.0. The van der Waals surface area contributed by atoms with Gasteiger partial charge in [-0.25, -0.2) is 0 Å². The number of allylic oxidation sites excluding steroid dienone is 2. The van der Waals surface area contributed by atoms with E-state index in [4.69, 9.17) is 4.74 Å². The molecule has 4 aliphatic carbocycles. The normalized spacial score (nSPS) is 38.0. The second-order valence-corrected chi connectivity index (χ2v) is 7.95. The molecule has 0 radical (unpaired) electrons. The predicted octanol–water partition coefficient (Wildman–Crippen LogP) is 2.56. The van der Waals surface area contributed by atoms with Gasteiger partial charge in [-0.1, -0.05) is 5.57 Å². The molecular weight excluding hydrogens is 320 g/mol. The van der Waals surface area contributed by atoms with E-state index < -0.39 is 17.3 Å². The minimum atomic E-state index is -1.18. The second kappa shape index (κ2) is 5.89. The lowest BCUT2D eigenvalue weighted by atomic mass is 9.47. The number of methoxy groups -OCH3 is 1. The lowest BCUT2D eigenvalue weighted by Gasteiger charge is -2.53. The van der Waals surface area contributed by atoms with E-state index in [1.54, 1.807) is 0 Å². The maximum atomic E-state index is 13.0. The smallest absolute Gasteiger partial charge is 0.319 e. The van der Waals surface area contributed by atoms with Crippen LogP contribution in [0.4, 0.5) is 0 Å². The fraction of sp³-hybridized carbons (Fsp3) is 0.700. The zero-order valence-corrected chi connectivity index (χ0v) is 14.6. The highest BCUT2D eigenvalue weighted by Crippen LogP contribution is 2.59. The average Bonchev–Trinajstić information content (AvgIpc) is 2.61. The summed E-state index contributed by atoms with van der Waals surface area (Å²) in [4.78, 5) is 51.2. The van der Waals surface area contributed by atoms with Crippen molar-refractivity contribution in [2.75, 3.05) is 7.11 Å². The topological polar surface area (TPSA) is 77.5 Å². The van der Waals surface area contributed by atoms with Crippen molar-refractivity contribution in [1.29, 1.82) is 0 Å². The van der Waals surface area contributed by atoms with Gasteiger partial charge < -0.3 is 4.74 Å². The molecule has 0 spiro atoms. The van der Waals surface area contributed by atoms with Gasteiger partial charge in [0.25, 0.3) is 0 Å². The van der Waals surface area contributed by atoms with Gasteiger partial charge in [-0.15, -0.1) is 0 Å². The van der Waals surface area contributed by atoms with Gasteiger partial charge in [-0.05, 0) is 55.9 Å². The first-order valence-corrected chi connectivity index (χ1v) is 9.41. The quantitative estimate of drug-likeness (QED) is 0.540. The molecule has 0 aromatic carbocycles. The van der Waals surface area contributed by atoms with Gasteiger partial charge in [-0.3, -0.25) is 19.2 Å². The van der Waals surface area contributed by atoms with Crippen LogP contribution in [-0.2, 0) is 23.9 Å². The Morgan fingerprint density at radius 3 is 2.60 bits per heavy atom. The molecule has 4 atom stereocenters. The molecule has 1 unspecified atom stereocenters. The van der Waals surface area contributed by atoms with Gasteiger partial charge in [0.05, 0.1) is 7.11 Å². The number of esters is 1. The van der Waals surface area contributed by atoms with Crippen molar-refractivity contribution < 1.29 is 23.9 Å². The van der Waals surface area contributed by atoms with Gasteiger partial charge >= 0.3 is 5.97 Å². The Bertz CT molecular complexity index is 693. The molecule has 134 valence electrons. The van der Waals surface area contributed by atoms with Crippen molar-refractivity contribution >= 4 is 23.3 Å². The third-order valence-corrected chi connectivity index (χ3v) is 7.02. The Hall–Kier alpha value is -1.78. The number of Topliss-reactive ketones (excluding diaryl/α,β-unsaturated/α-hetero) is 3. The van der Waals surface area contributed by atoms with Gasteiger partial charge in [-0.2, -0.15) is 0 Å². The molecular formula is C20H24O5. The second-order valence-electron chi connectivity index (χ2n) is 7.95. The summed E-state index contributed by atoms with van der Waals surface area (Å²) in [6.07, 6.45) is 5.29. The third-order valence-electron chi connectivity index (χ3n) is 7.02. The Kier molecular flexibility index (Phi) is 3.93. The van der Waals surface area contributed by atoms with Gasteiger partial charge in [0.15, 0.2) is 11.6 Å². The minimum absolute atomic E-state index is 0.0516. The molecule has 0 saturated heterocycles. The van der Waals surface area contributed by atoms with E-state index in [-0.39, 0.29) is 35.6 Å². The molecule has 5 nitrogen and oxygen atoms in total. The third kappa shape index (κ3) is 2.14. The Morgan fingerprint density at radius 2 is 1.84 bits per heavy atom. The molecule has 25 heavy (non-hydrogen) atoms. The molecule has 0 aromatic heterocycles. The summed E-state index contributed by atoms with van der Waals surface area (Å²) in [7, 11) is 1.33. The van der Waals surface area contributed by atoms with E-state index in [2.05, 4.69) is 0 Å². The van der Waals surface area contributed by atoms with Crippen LogP contribution in [0.2, 0.25) is 0 Å². The summed E-state index contributed by atoms with van der Waals surface area (Å²) in [5.41, 5.74) is 0.560. The number of hydrogen-bond donors (Lipinski definition) is 0. The lowest BCUT2D eigenvalue weighted by molar-refractivity contribution is -0.177. The van der Waals surface area contributed by atoms with Crippen LogP contribution >= 0.6 is 0 Å². The SMILES string of the molecule is COC(=O)[C@]12C(=O)CCCC1CC(=O)[C@@H]1C3=C(CC[C@@H]12)C(=O)CCC3. The molecule has 4 aliphatic rings. The predicted molar refractivity (Wildman–Crippen MR) is 88.5 cm³/mol. The molecule has 0 aromatic rings. The van der Waals surface area contributed by atoms with Crippen LogP contribution in [0.1, 0.15) is 57.8 Å². The van der Waals surface area contributed by atoms with Crippen molar-refractivity contribution in [3.63, 3.8) is 0 Å². The highest BCUT2D eigenvalue weighted by Gasteiger charge is 2.65. The maximum absolute atomic E-state index is 13.0. The van der Waals surface area contributed by atoms with Crippen molar-refractivity contribution in [2.45, 2.75) is 57.8 Å². The number of rotatable bonds is 1. The van der Waals surface area contributed by atoms with E-state index in [0.717, 1.165) is 36.8 Å². The highest BCUT2D eigenvalue weighted by molar-refractivity contribution is 6.08. The fourth-order valence-corrected chi connectivity index (χ4v) is 6.10. The number of carbonyl (C=O) groups is 4. The summed E-state index contributed by atoms with van der Waals surface area (Å²) >= 11 is 0. The van der Waals surface area contributed by atoms with E-state index in [0.29, 0.717) is 25.7 Å². The number of ketones is 3. The van der Waals surface area contributed by atoms with Crippen LogP contribution in [0.25, 0.3) is 0 Å². The van der Waals surface area contributed by atoms with Crippen molar-refractivity contribution in [3.05, 3.63) is 11.1 Å². The summed E-state index contributed by atoms with van der Waals surface area (Å²) in [5.74, 6) is -1.26. The standard InChI is InChI=1S/C20H24O5/c1-25-19(24)20-11(4-2-7-17(20)23)10-16(22)18-13-5-3-6-15(21)12(13)8-9-14(18)20/h11,14,18H,2-10H2,1H3/t11?,14-,18+,20+/m0/s1. The van der Waals surface area contributed by atoms with Crippen molar-refractivity contribution in [3.8, 4) is 0 Å². The lowest BCUT2D eigenvalue weighted by Crippen LogP contribution is -2.61. The number of fused-ring (bicyclic) bond motifs is 4. The summed E-state index contributed by atoms with van der Waals surface area (Å²) < 4.78 is 5.11. The first-order valence-electron chi connectivity index (χ1n) is 9.41. The van der Waals surface area contributed by atoms with Crippen LogP contribution < -0.4 is 0 Å². The Labute approximate surface area is 147 Å². The number of hydrogen-bond acceptors (Lipinski definition) is 5. The Morgan fingerprint density at radius 1 is 1.04 bits per heavy atom. The van der Waals surface area contributed by atoms with Gasteiger partial charge in [0.1, 0.15) is 11.2 Å². The van der Waals surface area contributed by atoms with E-state index in [1.807, 2.05) is 0 Å². The molecule has 4 rings (SSSR count). The van der Waals surface area contributed by atoms with Crippen LogP contribution in [0.15, 0.2) is 11.1 Å². The molecule has 2 fully saturated rings.